The number of nitrogens with one attached hydrogen (secondary N) is 2. The van der Waals surface area contributed by atoms with Gasteiger partial charge >= 0.3 is 12.1 Å². The number of amides is 2. The highest BCUT2D eigenvalue weighted by atomic mass is 16.7. The Morgan fingerprint density at radius 2 is 2.02 bits per heavy atom. The van der Waals surface area contributed by atoms with Gasteiger partial charge in [0.15, 0.2) is 0 Å². The molecular weight excluding hydrogens is 512 g/mol. The molecule has 1 atom stereocenters. The van der Waals surface area contributed by atoms with E-state index in [9.17, 15) is 9.59 Å². The fraction of sp³-hybridized carbons (Fsp3) is 0.429. The van der Waals surface area contributed by atoms with Crippen molar-refractivity contribution in [2.24, 2.45) is 0 Å². The molecule has 0 aliphatic heterocycles. The van der Waals surface area contributed by atoms with Gasteiger partial charge in [0.2, 0.25) is 5.91 Å². The van der Waals surface area contributed by atoms with Gasteiger partial charge in [0.25, 0.3) is 0 Å². The molecule has 2 N–H and O–H groups in total. The van der Waals surface area contributed by atoms with Gasteiger partial charge in [0, 0.05) is 26.6 Å². The number of anilines is 1. The first-order chi connectivity index (χ1) is 19.1. The molecule has 12 nitrogen and oxygen atoms in total. The van der Waals surface area contributed by atoms with Crippen LogP contribution < -0.4 is 15.5 Å². The minimum absolute atomic E-state index is 0.107. The van der Waals surface area contributed by atoms with E-state index in [0.29, 0.717) is 48.3 Å². The zero-order chi connectivity index (χ0) is 29.1. The fourth-order valence-electron chi connectivity index (χ4n) is 3.41. The van der Waals surface area contributed by atoms with Crippen LogP contribution in [0.25, 0.3) is 11.0 Å². The molecule has 0 aliphatic rings. The molecule has 2 amide bonds. The minimum Gasteiger partial charge on any atom is -0.444 e. The first-order valence-corrected chi connectivity index (χ1v) is 13.1. The van der Waals surface area contributed by atoms with Crippen molar-refractivity contribution in [3.05, 3.63) is 48.7 Å². The lowest BCUT2D eigenvalue weighted by Gasteiger charge is -2.28. The summed E-state index contributed by atoms with van der Waals surface area (Å²) in [4.78, 5) is 41.8. The van der Waals surface area contributed by atoms with E-state index in [-0.39, 0.29) is 11.9 Å². The molecule has 3 rings (SSSR count). The molecule has 0 aliphatic carbocycles. The van der Waals surface area contributed by atoms with Crippen LogP contribution in [0.4, 0.5) is 10.6 Å². The number of carbonyl (C=O) groups is 2. The highest BCUT2D eigenvalue weighted by Crippen LogP contribution is 2.17. The minimum atomic E-state index is -0.846. The van der Waals surface area contributed by atoms with Crippen molar-refractivity contribution in [1.29, 1.82) is 0 Å². The maximum atomic E-state index is 12.6. The third-order valence-corrected chi connectivity index (χ3v) is 5.39. The molecule has 2 aromatic heterocycles. The quantitative estimate of drug-likeness (QED) is 0.209. The molecule has 0 unspecified atom stereocenters. The Kier molecular flexibility index (Phi) is 10.4. The molecule has 0 radical (unpaired) electrons. The molecule has 12 heteroatoms. The molecule has 0 bridgehead atoms. The highest BCUT2D eigenvalue weighted by Gasteiger charge is 2.27. The summed E-state index contributed by atoms with van der Waals surface area (Å²) >= 11 is 0. The van der Waals surface area contributed by atoms with E-state index in [1.54, 1.807) is 27.0 Å². The fourth-order valence-corrected chi connectivity index (χ4v) is 3.41. The average molecular weight is 549 g/mol. The summed E-state index contributed by atoms with van der Waals surface area (Å²) in [6.07, 6.45) is 4.43. The number of likely N-dealkylation sites (N-methyl/N-ethyl adjacent to an activating group) is 1. The summed E-state index contributed by atoms with van der Waals surface area (Å²) in [5.74, 6) is 6.40. The normalized spacial score (nSPS) is 11.6. The molecule has 212 valence electrons. The van der Waals surface area contributed by atoms with Gasteiger partial charge in [0.1, 0.15) is 28.5 Å². The molecule has 0 spiro atoms. The Bertz CT molecular complexity index is 1390. The molecule has 0 saturated carbocycles. The predicted octanol–water partition coefficient (Wildman–Crippen LogP) is 3.55. The van der Waals surface area contributed by atoms with Crippen molar-refractivity contribution in [3.63, 3.8) is 0 Å². The van der Waals surface area contributed by atoms with Crippen LogP contribution in [0.2, 0.25) is 0 Å². The zero-order valence-corrected chi connectivity index (χ0v) is 23.6. The monoisotopic (exact) mass is 548 g/mol. The number of ether oxygens (including phenoxy) is 1. The lowest BCUT2D eigenvalue weighted by molar-refractivity contribution is -0.124. The van der Waals surface area contributed by atoms with Crippen LogP contribution in [0.1, 0.15) is 52.5 Å². The number of unbranched alkanes of at least 4 members (excludes halogenated alkanes) is 1. The van der Waals surface area contributed by atoms with E-state index in [2.05, 4.69) is 56.3 Å². The topological polar surface area (TPSA) is 136 Å². The van der Waals surface area contributed by atoms with Crippen molar-refractivity contribution in [2.45, 2.75) is 58.6 Å². The largest absolute Gasteiger partial charge is 0.444 e. The summed E-state index contributed by atoms with van der Waals surface area (Å²) < 4.78 is 5.33. The summed E-state index contributed by atoms with van der Waals surface area (Å²) in [5.41, 5.74) is 1.35. The van der Waals surface area contributed by atoms with Crippen molar-refractivity contribution in [2.75, 3.05) is 25.5 Å². The number of hydrogen-bond acceptors (Lipinski definition) is 9. The van der Waals surface area contributed by atoms with Crippen molar-refractivity contribution < 1.29 is 19.2 Å². The molecule has 0 saturated heterocycles. The molecule has 2 heterocycles. The number of aromatic nitrogens is 5. The second-order valence-electron chi connectivity index (χ2n) is 9.85. The Morgan fingerprint density at radius 3 is 2.75 bits per heavy atom. The van der Waals surface area contributed by atoms with Gasteiger partial charge in [0.05, 0.1) is 11.8 Å². The SMILES string of the molecule is C=C[C@@H](C(=O)NCCCC#Cc1cnc(On2nnc3ccccc32)nc1NCCC)N(C)C(=O)OC(C)(C)C. The molecule has 40 heavy (non-hydrogen) atoms. The second kappa shape index (κ2) is 13.9. The first kappa shape index (κ1) is 29.9. The van der Waals surface area contributed by atoms with E-state index < -0.39 is 17.7 Å². The van der Waals surface area contributed by atoms with Crippen molar-refractivity contribution in [3.8, 4) is 17.9 Å². The zero-order valence-electron chi connectivity index (χ0n) is 23.6. The maximum Gasteiger partial charge on any atom is 0.410 e. The Hall–Kier alpha value is -4.66. The standard InChI is InChI=1S/C28H36N8O4/c1-7-17-29-24-20(19-31-26(32-24)40-36-23-16-12-11-15-21(23)33-34-36)14-10-9-13-18-30-25(37)22(8-2)35(6)27(38)39-28(3,4)5/h8,11-12,15-16,19,22H,2,7,9,13,17-18H2,1,3-6H3,(H,30,37)(H,29,31,32)/t22-/m0/s1. The third-order valence-electron chi connectivity index (χ3n) is 5.39. The lowest BCUT2D eigenvalue weighted by Crippen LogP contribution is -2.48. The molecule has 3 aromatic rings. The van der Waals surface area contributed by atoms with Gasteiger partial charge in [-0.2, -0.15) is 4.98 Å². The van der Waals surface area contributed by atoms with Crippen molar-refractivity contribution in [1.82, 2.24) is 35.3 Å². The highest BCUT2D eigenvalue weighted by molar-refractivity contribution is 5.87. The van der Waals surface area contributed by atoms with E-state index in [1.165, 1.54) is 22.9 Å². The van der Waals surface area contributed by atoms with Crippen LogP contribution >= 0.6 is 0 Å². The number of hydrogen-bond donors (Lipinski definition) is 2. The van der Waals surface area contributed by atoms with Crippen LogP contribution in [0.5, 0.6) is 6.01 Å². The van der Waals surface area contributed by atoms with Gasteiger partial charge in [-0.1, -0.05) is 41.8 Å². The van der Waals surface area contributed by atoms with Crippen LogP contribution in [0, 0.1) is 11.8 Å². The van der Waals surface area contributed by atoms with E-state index >= 15 is 0 Å². The summed E-state index contributed by atoms with van der Waals surface area (Å²) in [6, 6.07) is 6.67. The number of carbonyl (C=O) groups excluding carboxylic acids is 2. The average Bonchev–Trinajstić information content (AvgIpc) is 3.32. The van der Waals surface area contributed by atoms with Crippen LogP contribution in [-0.2, 0) is 9.53 Å². The number of nitrogens with zero attached hydrogens (tertiary/aromatic N) is 6. The predicted molar refractivity (Wildman–Crippen MR) is 151 cm³/mol. The number of fused-ring (bicyclic) bond motifs is 1. The van der Waals surface area contributed by atoms with E-state index in [0.717, 1.165) is 6.42 Å². The van der Waals surface area contributed by atoms with E-state index in [1.807, 2.05) is 24.3 Å². The van der Waals surface area contributed by atoms with Crippen LogP contribution in [-0.4, -0.2) is 73.8 Å². The van der Waals surface area contributed by atoms with Gasteiger partial charge in [-0.3, -0.25) is 9.69 Å². The molecular formula is C28H36N8O4. The van der Waals surface area contributed by atoms with E-state index in [4.69, 9.17) is 9.57 Å². The Balaban J connectivity index is 1.56. The first-order valence-electron chi connectivity index (χ1n) is 13.1. The van der Waals surface area contributed by atoms with Gasteiger partial charge in [-0.25, -0.2) is 9.78 Å². The van der Waals surface area contributed by atoms with Gasteiger partial charge < -0.3 is 20.2 Å². The van der Waals surface area contributed by atoms with Gasteiger partial charge in [-0.15, -0.1) is 11.7 Å². The summed E-state index contributed by atoms with van der Waals surface area (Å²) in [6.45, 7) is 12.1. The third kappa shape index (κ3) is 8.42. The second-order valence-corrected chi connectivity index (χ2v) is 9.85. The number of benzene rings is 1. The number of rotatable bonds is 11. The Labute approximate surface area is 234 Å². The Morgan fingerprint density at radius 1 is 1.25 bits per heavy atom. The summed E-state index contributed by atoms with van der Waals surface area (Å²) in [5, 5.41) is 14.1. The summed E-state index contributed by atoms with van der Waals surface area (Å²) in [7, 11) is 1.50. The van der Waals surface area contributed by atoms with Gasteiger partial charge in [-0.05, 0) is 51.0 Å². The molecule has 1 aromatic carbocycles. The van der Waals surface area contributed by atoms with Crippen LogP contribution in [0.3, 0.4) is 0 Å². The van der Waals surface area contributed by atoms with Crippen LogP contribution in [0.15, 0.2) is 43.1 Å². The smallest absolute Gasteiger partial charge is 0.410 e. The lowest BCUT2D eigenvalue weighted by atomic mass is 10.2. The van der Waals surface area contributed by atoms with Crippen molar-refractivity contribution >= 4 is 28.9 Å². The number of para-hydroxylation sites is 1. The molecule has 0 fully saturated rings. The maximum absolute atomic E-state index is 12.6.